The second-order valence-electron chi connectivity index (χ2n) is 5.30. The Balaban J connectivity index is 2.01. The first-order valence-corrected chi connectivity index (χ1v) is 7.45. The smallest absolute Gasteiger partial charge is 0.246 e. The highest BCUT2D eigenvalue weighted by Gasteiger charge is 2.22. The van der Waals surface area contributed by atoms with Crippen molar-refractivity contribution in [2.75, 3.05) is 6.54 Å². The molecule has 1 amide bonds. The molecule has 3 heteroatoms. The van der Waals surface area contributed by atoms with Crippen LogP contribution in [0.4, 0.5) is 4.39 Å². The van der Waals surface area contributed by atoms with Gasteiger partial charge in [-0.1, -0.05) is 31.4 Å². The van der Waals surface area contributed by atoms with Gasteiger partial charge < -0.3 is 4.90 Å². The van der Waals surface area contributed by atoms with E-state index in [1.807, 2.05) is 11.8 Å². The van der Waals surface area contributed by atoms with Crippen molar-refractivity contribution in [3.63, 3.8) is 0 Å². The maximum absolute atomic E-state index is 13.1. The van der Waals surface area contributed by atoms with E-state index in [0.717, 1.165) is 24.9 Å². The lowest BCUT2D eigenvalue weighted by Crippen LogP contribution is -2.40. The minimum Gasteiger partial charge on any atom is -0.336 e. The normalized spacial score (nSPS) is 16.5. The van der Waals surface area contributed by atoms with Crippen molar-refractivity contribution in [3.8, 4) is 0 Å². The molecular formula is C17H22FNO. The van der Waals surface area contributed by atoms with E-state index in [0.29, 0.717) is 6.04 Å². The van der Waals surface area contributed by atoms with E-state index >= 15 is 0 Å². The van der Waals surface area contributed by atoms with Crippen molar-refractivity contribution >= 4 is 12.0 Å². The van der Waals surface area contributed by atoms with E-state index in [2.05, 4.69) is 0 Å². The number of amides is 1. The van der Waals surface area contributed by atoms with Crippen molar-refractivity contribution in [3.05, 3.63) is 41.7 Å². The van der Waals surface area contributed by atoms with Crippen LogP contribution in [0.3, 0.4) is 0 Å². The van der Waals surface area contributed by atoms with Gasteiger partial charge in [0.2, 0.25) is 5.91 Å². The van der Waals surface area contributed by atoms with E-state index in [9.17, 15) is 9.18 Å². The Morgan fingerprint density at radius 3 is 2.75 bits per heavy atom. The van der Waals surface area contributed by atoms with Gasteiger partial charge in [-0.05, 0) is 43.5 Å². The predicted molar refractivity (Wildman–Crippen MR) is 79.7 cm³/mol. The van der Waals surface area contributed by atoms with Gasteiger partial charge >= 0.3 is 0 Å². The molecule has 0 unspecified atom stereocenters. The third-order valence-electron chi connectivity index (χ3n) is 3.91. The van der Waals surface area contributed by atoms with Crippen LogP contribution in [0.5, 0.6) is 0 Å². The minimum absolute atomic E-state index is 0.0312. The first-order chi connectivity index (χ1) is 9.70. The van der Waals surface area contributed by atoms with Crippen molar-refractivity contribution in [2.45, 2.75) is 45.1 Å². The van der Waals surface area contributed by atoms with Gasteiger partial charge in [-0.15, -0.1) is 0 Å². The summed E-state index contributed by atoms with van der Waals surface area (Å²) in [6.45, 7) is 2.75. The molecule has 1 aromatic rings. The second-order valence-corrected chi connectivity index (χ2v) is 5.30. The summed E-state index contributed by atoms with van der Waals surface area (Å²) in [5.74, 6) is -0.247. The van der Waals surface area contributed by atoms with Gasteiger partial charge in [0.1, 0.15) is 5.82 Å². The van der Waals surface area contributed by atoms with E-state index < -0.39 is 0 Å². The molecule has 0 spiro atoms. The zero-order chi connectivity index (χ0) is 14.4. The van der Waals surface area contributed by atoms with Gasteiger partial charge in [-0.2, -0.15) is 0 Å². The fraction of sp³-hybridized carbons (Fsp3) is 0.471. The fourth-order valence-electron chi connectivity index (χ4n) is 2.86. The number of hydrogen-bond donors (Lipinski definition) is 0. The van der Waals surface area contributed by atoms with Crippen LogP contribution in [0.2, 0.25) is 0 Å². The lowest BCUT2D eigenvalue weighted by atomic mass is 9.94. The van der Waals surface area contributed by atoms with Crippen LogP contribution in [-0.2, 0) is 4.79 Å². The maximum atomic E-state index is 13.1. The van der Waals surface area contributed by atoms with Crippen LogP contribution < -0.4 is 0 Å². The molecule has 0 saturated heterocycles. The van der Waals surface area contributed by atoms with Gasteiger partial charge in [0, 0.05) is 18.7 Å². The topological polar surface area (TPSA) is 20.3 Å². The van der Waals surface area contributed by atoms with Gasteiger partial charge in [0.25, 0.3) is 0 Å². The first kappa shape index (κ1) is 14.8. The van der Waals surface area contributed by atoms with Crippen LogP contribution in [0.1, 0.15) is 44.6 Å². The summed E-state index contributed by atoms with van der Waals surface area (Å²) in [5, 5.41) is 0. The third kappa shape index (κ3) is 3.92. The zero-order valence-corrected chi connectivity index (χ0v) is 12.0. The molecule has 1 fully saturated rings. The third-order valence-corrected chi connectivity index (χ3v) is 3.91. The molecule has 1 aliphatic carbocycles. The van der Waals surface area contributed by atoms with E-state index in [1.54, 1.807) is 24.3 Å². The Bertz CT molecular complexity index is 478. The molecule has 0 atom stereocenters. The summed E-state index contributed by atoms with van der Waals surface area (Å²) in [6.07, 6.45) is 9.16. The van der Waals surface area contributed by atoms with Crippen molar-refractivity contribution in [1.29, 1.82) is 0 Å². The monoisotopic (exact) mass is 275 g/mol. The predicted octanol–water partition coefficient (Wildman–Crippen LogP) is 4.02. The molecule has 0 aliphatic heterocycles. The summed E-state index contributed by atoms with van der Waals surface area (Å²) < 4.78 is 13.1. The van der Waals surface area contributed by atoms with Crippen LogP contribution in [0.25, 0.3) is 6.08 Å². The minimum atomic E-state index is -0.278. The highest BCUT2D eigenvalue weighted by atomic mass is 19.1. The molecule has 0 bridgehead atoms. The highest BCUT2D eigenvalue weighted by molar-refractivity contribution is 5.92. The number of nitrogens with zero attached hydrogens (tertiary/aromatic N) is 1. The Kier molecular flexibility index (Phi) is 5.33. The SMILES string of the molecule is CCN(C(=O)/C=C/c1cccc(F)c1)C1CCCCC1. The number of halogens is 1. The standard InChI is InChI=1S/C17H22FNO/c1-2-19(16-9-4-3-5-10-16)17(20)12-11-14-7-6-8-15(18)13-14/h6-8,11-13,16H,2-5,9-10H2,1H3/b12-11+. The highest BCUT2D eigenvalue weighted by Crippen LogP contribution is 2.22. The molecule has 1 aromatic carbocycles. The number of hydrogen-bond acceptors (Lipinski definition) is 1. The van der Waals surface area contributed by atoms with Crippen LogP contribution in [0, 0.1) is 5.82 Å². The van der Waals surface area contributed by atoms with Crippen molar-refractivity contribution in [2.24, 2.45) is 0 Å². The quantitative estimate of drug-likeness (QED) is 0.760. The molecular weight excluding hydrogens is 253 g/mol. The largest absolute Gasteiger partial charge is 0.336 e. The average Bonchev–Trinajstić information content (AvgIpc) is 2.47. The van der Waals surface area contributed by atoms with Gasteiger partial charge in [-0.3, -0.25) is 4.79 Å². The molecule has 2 nitrogen and oxygen atoms in total. The summed E-state index contributed by atoms with van der Waals surface area (Å²) in [7, 11) is 0. The molecule has 20 heavy (non-hydrogen) atoms. The molecule has 108 valence electrons. The zero-order valence-electron chi connectivity index (χ0n) is 12.0. The van der Waals surface area contributed by atoms with Crippen LogP contribution in [-0.4, -0.2) is 23.4 Å². The second kappa shape index (κ2) is 7.22. The molecule has 0 heterocycles. The number of rotatable bonds is 4. The molecule has 2 rings (SSSR count). The van der Waals surface area contributed by atoms with E-state index in [4.69, 9.17) is 0 Å². The van der Waals surface area contributed by atoms with Crippen LogP contribution in [0.15, 0.2) is 30.3 Å². The molecule has 1 aliphatic rings. The van der Waals surface area contributed by atoms with Gasteiger partial charge in [0.15, 0.2) is 0 Å². The molecule has 1 saturated carbocycles. The number of likely N-dealkylation sites (N-methyl/N-ethyl adjacent to an activating group) is 1. The summed E-state index contributed by atoms with van der Waals surface area (Å²) in [5.41, 5.74) is 0.720. The van der Waals surface area contributed by atoms with Crippen molar-refractivity contribution < 1.29 is 9.18 Å². The van der Waals surface area contributed by atoms with Gasteiger partial charge in [0.05, 0.1) is 0 Å². The van der Waals surface area contributed by atoms with Gasteiger partial charge in [-0.25, -0.2) is 4.39 Å². The lowest BCUT2D eigenvalue weighted by molar-refractivity contribution is -0.128. The molecule has 0 aromatic heterocycles. The number of benzene rings is 1. The van der Waals surface area contributed by atoms with Crippen molar-refractivity contribution in [1.82, 2.24) is 4.90 Å². The number of carbonyl (C=O) groups excluding carboxylic acids is 1. The lowest BCUT2D eigenvalue weighted by Gasteiger charge is -2.32. The average molecular weight is 275 g/mol. The molecule has 0 radical (unpaired) electrons. The van der Waals surface area contributed by atoms with E-state index in [-0.39, 0.29) is 11.7 Å². The first-order valence-electron chi connectivity index (χ1n) is 7.45. The summed E-state index contributed by atoms with van der Waals surface area (Å²) in [6, 6.07) is 6.65. The maximum Gasteiger partial charge on any atom is 0.246 e. The Labute approximate surface area is 120 Å². The fourth-order valence-corrected chi connectivity index (χ4v) is 2.86. The number of carbonyl (C=O) groups is 1. The molecule has 0 N–H and O–H groups in total. The Morgan fingerprint density at radius 1 is 1.35 bits per heavy atom. The Morgan fingerprint density at radius 2 is 2.10 bits per heavy atom. The van der Waals surface area contributed by atoms with Crippen LogP contribution >= 0.6 is 0 Å². The summed E-state index contributed by atoms with van der Waals surface area (Å²) >= 11 is 0. The van der Waals surface area contributed by atoms with E-state index in [1.165, 1.54) is 31.4 Å². The summed E-state index contributed by atoms with van der Waals surface area (Å²) in [4.78, 5) is 14.2. The Hall–Kier alpha value is -1.64.